The van der Waals surface area contributed by atoms with Gasteiger partial charge in [0.05, 0.1) is 0 Å². The second kappa shape index (κ2) is 6.79. The molecule has 1 fully saturated rings. The van der Waals surface area contributed by atoms with E-state index in [1.54, 1.807) is 30.3 Å². The summed E-state index contributed by atoms with van der Waals surface area (Å²) < 4.78 is 0. The lowest BCUT2D eigenvalue weighted by atomic mass is 10.1. The summed E-state index contributed by atoms with van der Waals surface area (Å²) >= 11 is 5.78. The van der Waals surface area contributed by atoms with Gasteiger partial charge in [-0.25, -0.2) is 4.98 Å². The second-order valence-electron chi connectivity index (χ2n) is 5.40. The molecule has 1 aliphatic rings. The van der Waals surface area contributed by atoms with Crippen molar-refractivity contribution < 1.29 is 9.59 Å². The van der Waals surface area contributed by atoms with Crippen molar-refractivity contribution in [2.75, 3.05) is 18.4 Å². The number of likely N-dealkylation sites (tertiary alicyclic amines) is 1. The molecule has 0 unspecified atom stereocenters. The Balaban J connectivity index is 1.67. The number of benzene rings is 1. The summed E-state index contributed by atoms with van der Waals surface area (Å²) in [5, 5.41) is 3.04. The van der Waals surface area contributed by atoms with Crippen molar-refractivity contribution in [1.29, 1.82) is 0 Å². The van der Waals surface area contributed by atoms with E-state index in [0.29, 0.717) is 16.8 Å². The zero-order valence-corrected chi connectivity index (χ0v) is 13.2. The van der Waals surface area contributed by atoms with Gasteiger partial charge in [0.1, 0.15) is 5.15 Å². The number of hydrogen-bond donors (Lipinski definition) is 1. The molecule has 1 aliphatic heterocycles. The minimum absolute atomic E-state index is 0.0429. The number of nitrogens with one attached hydrogen (secondary N) is 1. The van der Waals surface area contributed by atoms with Gasteiger partial charge >= 0.3 is 0 Å². The third kappa shape index (κ3) is 3.68. The minimum Gasteiger partial charge on any atom is -0.339 e. The molecule has 0 radical (unpaired) electrons. The Morgan fingerprint density at radius 2 is 1.74 bits per heavy atom. The maximum atomic E-state index is 12.3. The molecule has 2 amide bonds. The molecule has 1 saturated heterocycles. The normalized spacial score (nSPS) is 13.9. The fourth-order valence-corrected chi connectivity index (χ4v) is 2.72. The number of hydrogen-bond acceptors (Lipinski definition) is 3. The van der Waals surface area contributed by atoms with Crippen LogP contribution in [0.2, 0.25) is 5.15 Å². The number of carbonyl (C=O) groups excluding carboxylic acids is 2. The number of pyridine rings is 1. The molecule has 118 valence electrons. The lowest BCUT2D eigenvalue weighted by Gasteiger charge is -2.15. The number of amides is 2. The van der Waals surface area contributed by atoms with Crippen molar-refractivity contribution in [2.45, 2.75) is 12.8 Å². The highest BCUT2D eigenvalue weighted by molar-refractivity contribution is 6.29. The molecule has 6 heteroatoms. The molecule has 0 bridgehead atoms. The summed E-state index contributed by atoms with van der Waals surface area (Å²) in [6.45, 7) is 1.64. The van der Waals surface area contributed by atoms with Gasteiger partial charge in [-0.3, -0.25) is 9.59 Å². The van der Waals surface area contributed by atoms with Gasteiger partial charge in [0, 0.05) is 36.1 Å². The predicted molar refractivity (Wildman–Crippen MR) is 88.8 cm³/mol. The summed E-state index contributed by atoms with van der Waals surface area (Å²) in [5.41, 5.74) is 1.69. The lowest BCUT2D eigenvalue weighted by Crippen LogP contribution is -2.27. The standard InChI is InChI=1S/C17H16ClN3O2/c18-15-11-13(7-8-19-15)16(22)20-14-5-3-12(4-6-14)17(23)21-9-1-2-10-21/h3-8,11H,1-2,9-10H2,(H,20,22). The topological polar surface area (TPSA) is 62.3 Å². The molecule has 1 N–H and O–H groups in total. The molecule has 23 heavy (non-hydrogen) atoms. The Kier molecular flexibility index (Phi) is 4.57. The maximum absolute atomic E-state index is 12.3. The van der Waals surface area contributed by atoms with Crippen LogP contribution in [0.1, 0.15) is 33.6 Å². The Labute approximate surface area is 139 Å². The average molecular weight is 330 g/mol. The number of rotatable bonds is 3. The highest BCUT2D eigenvalue weighted by Gasteiger charge is 2.19. The van der Waals surface area contributed by atoms with Crippen LogP contribution in [0.4, 0.5) is 5.69 Å². The van der Waals surface area contributed by atoms with Crippen molar-refractivity contribution >= 4 is 29.1 Å². The van der Waals surface area contributed by atoms with E-state index >= 15 is 0 Å². The van der Waals surface area contributed by atoms with E-state index in [4.69, 9.17) is 11.6 Å². The summed E-state index contributed by atoms with van der Waals surface area (Å²) in [6, 6.07) is 10.0. The number of anilines is 1. The summed E-state index contributed by atoms with van der Waals surface area (Å²) in [4.78, 5) is 30.1. The maximum Gasteiger partial charge on any atom is 0.255 e. The van der Waals surface area contributed by atoms with E-state index in [1.165, 1.54) is 12.3 Å². The highest BCUT2D eigenvalue weighted by atomic mass is 35.5. The third-order valence-electron chi connectivity index (χ3n) is 3.77. The minimum atomic E-state index is -0.270. The second-order valence-corrected chi connectivity index (χ2v) is 5.79. The largest absolute Gasteiger partial charge is 0.339 e. The van der Waals surface area contributed by atoms with Gasteiger partial charge < -0.3 is 10.2 Å². The van der Waals surface area contributed by atoms with Crippen molar-refractivity contribution in [2.24, 2.45) is 0 Å². The van der Waals surface area contributed by atoms with Crippen molar-refractivity contribution in [3.05, 3.63) is 58.9 Å². The monoisotopic (exact) mass is 329 g/mol. The van der Waals surface area contributed by atoms with Gasteiger partial charge in [0.15, 0.2) is 0 Å². The first-order chi connectivity index (χ1) is 11.1. The van der Waals surface area contributed by atoms with Crippen LogP contribution < -0.4 is 5.32 Å². The molecule has 3 rings (SSSR count). The lowest BCUT2D eigenvalue weighted by molar-refractivity contribution is 0.0792. The molecule has 0 spiro atoms. The van der Waals surface area contributed by atoms with Gasteiger partial charge in [-0.1, -0.05) is 11.6 Å². The number of halogens is 1. The molecule has 0 aliphatic carbocycles. The van der Waals surface area contributed by atoms with Gasteiger partial charge in [0.25, 0.3) is 11.8 Å². The molecular weight excluding hydrogens is 314 g/mol. The molecule has 0 saturated carbocycles. The Hall–Kier alpha value is -2.40. The van der Waals surface area contributed by atoms with Crippen LogP contribution in [-0.2, 0) is 0 Å². The summed E-state index contributed by atoms with van der Waals surface area (Å²) in [5.74, 6) is -0.228. The SMILES string of the molecule is O=C(Nc1ccc(C(=O)N2CCCC2)cc1)c1ccnc(Cl)c1. The number of aromatic nitrogens is 1. The van der Waals surface area contributed by atoms with Crippen LogP contribution in [-0.4, -0.2) is 34.8 Å². The first-order valence-electron chi connectivity index (χ1n) is 7.46. The highest BCUT2D eigenvalue weighted by Crippen LogP contribution is 2.16. The summed E-state index contributed by atoms with van der Waals surface area (Å²) in [7, 11) is 0. The number of nitrogens with zero attached hydrogens (tertiary/aromatic N) is 2. The quantitative estimate of drug-likeness (QED) is 0.879. The smallest absolute Gasteiger partial charge is 0.255 e. The Morgan fingerprint density at radius 1 is 1.04 bits per heavy atom. The van der Waals surface area contributed by atoms with E-state index in [0.717, 1.165) is 25.9 Å². The van der Waals surface area contributed by atoms with Gasteiger partial charge in [0.2, 0.25) is 0 Å². The fraction of sp³-hybridized carbons (Fsp3) is 0.235. The molecule has 2 heterocycles. The first-order valence-corrected chi connectivity index (χ1v) is 7.83. The van der Waals surface area contributed by atoms with Crippen LogP contribution in [0.5, 0.6) is 0 Å². The first kappa shape index (κ1) is 15.5. The van der Waals surface area contributed by atoms with Crippen molar-refractivity contribution in [3.63, 3.8) is 0 Å². The zero-order valence-electron chi connectivity index (χ0n) is 12.5. The van der Waals surface area contributed by atoms with E-state index in [-0.39, 0.29) is 17.0 Å². The molecular formula is C17H16ClN3O2. The summed E-state index contributed by atoms with van der Waals surface area (Å²) in [6.07, 6.45) is 3.61. The molecule has 2 aromatic rings. The molecule has 0 atom stereocenters. The molecule has 1 aromatic carbocycles. The van der Waals surface area contributed by atoms with E-state index < -0.39 is 0 Å². The third-order valence-corrected chi connectivity index (χ3v) is 3.98. The molecule has 1 aromatic heterocycles. The number of carbonyl (C=O) groups is 2. The van der Waals surface area contributed by atoms with Gasteiger partial charge in [-0.05, 0) is 49.2 Å². The van der Waals surface area contributed by atoms with Crippen LogP contribution in [0.3, 0.4) is 0 Å². The van der Waals surface area contributed by atoms with Crippen molar-refractivity contribution in [1.82, 2.24) is 9.88 Å². The molecule has 5 nitrogen and oxygen atoms in total. The van der Waals surface area contributed by atoms with Gasteiger partial charge in [-0.2, -0.15) is 0 Å². The van der Waals surface area contributed by atoms with Gasteiger partial charge in [-0.15, -0.1) is 0 Å². The van der Waals surface area contributed by atoms with E-state index in [1.807, 2.05) is 4.90 Å². The Bertz CT molecular complexity index is 725. The van der Waals surface area contributed by atoms with E-state index in [9.17, 15) is 9.59 Å². The van der Waals surface area contributed by atoms with Crippen LogP contribution in [0.25, 0.3) is 0 Å². The predicted octanol–water partition coefficient (Wildman–Crippen LogP) is 3.22. The van der Waals surface area contributed by atoms with Crippen LogP contribution >= 0.6 is 11.6 Å². The van der Waals surface area contributed by atoms with E-state index in [2.05, 4.69) is 10.3 Å². The fourth-order valence-electron chi connectivity index (χ4n) is 2.55. The van der Waals surface area contributed by atoms with Crippen molar-refractivity contribution in [3.8, 4) is 0 Å². The van der Waals surface area contributed by atoms with Crippen LogP contribution in [0.15, 0.2) is 42.6 Å². The zero-order chi connectivity index (χ0) is 16.2. The Morgan fingerprint density at radius 3 is 2.39 bits per heavy atom. The van der Waals surface area contributed by atoms with Crippen LogP contribution in [0, 0.1) is 0 Å². The average Bonchev–Trinajstić information content (AvgIpc) is 3.09.